The van der Waals surface area contributed by atoms with Crippen molar-refractivity contribution in [3.63, 3.8) is 0 Å². The lowest BCUT2D eigenvalue weighted by molar-refractivity contribution is 0.112. The molecule has 3 heteroatoms. The maximum absolute atomic E-state index is 10.8. The van der Waals surface area contributed by atoms with E-state index in [-0.39, 0.29) is 16.7 Å². The third-order valence-electron chi connectivity index (χ3n) is 2.28. The Balaban J connectivity index is 3.44. The van der Waals surface area contributed by atoms with Crippen LogP contribution in [0, 0.1) is 0 Å². The normalized spacial score (nSPS) is 11.2. The molecular formula is C12H16O3. The van der Waals surface area contributed by atoms with Crippen molar-refractivity contribution in [1.82, 2.24) is 0 Å². The predicted octanol–water partition coefficient (Wildman–Crippen LogP) is 2.51. The molecule has 0 aliphatic carbocycles. The van der Waals surface area contributed by atoms with Crippen molar-refractivity contribution < 1.29 is 14.6 Å². The molecule has 82 valence electrons. The number of carbonyl (C=O) groups is 1. The molecule has 0 aliphatic rings. The van der Waals surface area contributed by atoms with Crippen LogP contribution in [0.3, 0.4) is 0 Å². The predicted molar refractivity (Wildman–Crippen MR) is 58.7 cm³/mol. The summed E-state index contributed by atoms with van der Waals surface area (Å²) < 4.78 is 5.08. The lowest BCUT2D eigenvalue weighted by Crippen LogP contribution is -2.12. The number of methoxy groups -OCH3 is 1. The molecule has 0 saturated heterocycles. The highest BCUT2D eigenvalue weighted by atomic mass is 16.5. The van der Waals surface area contributed by atoms with E-state index in [9.17, 15) is 9.90 Å². The van der Waals surface area contributed by atoms with Crippen LogP contribution in [0.2, 0.25) is 0 Å². The Hall–Kier alpha value is -1.51. The van der Waals surface area contributed by atoms with Gasteiger partial charge in [0.2, 0.25) is 0 Å². The van der Waals surface area contributed by atoms with Crippen LogP contribution < -0.4 is 4.74 Å². The maximum atomic E-state index is 10.8. The summed E-state index contributed by atoms with van der Waals surface area (Å²) in [6.45, 7) is 5.90. The number of phenols is 1. The van der Waals surface area contributed by atoms with Crippen molar-refractivity contribution in [2.75, 3.05) is 7.11 Å². The second kappa shape index (κ2) is 3.93. The van der Waals surface area contributed by atoms with Gasteiger partial charge in [-0.05, 0) is 17.5 Å². The molecule has 1 rings (SSSR count). The third-order valence-corrected chi connectivity index (χ3v) is 2.28. The molecule has 0 spiro atoms. The van der Waals surface area contributed by atoms with E-state index in [0.717, 1.165) is 0 Å². The quantitative estimate of drug-likeness (QED) is 0.759. The van der Waals surface area contributed by atoms with Crippen molar-refractivity contribution >= 4 is 6.29 Å². The van der Waals surface area contributed by atoms with E-state index in [2.05, 4.69) is 0 Å². The van der Waals surface area contributed by atoms with E-state index in [1.54, 1.807) is 6.07 Å². The number of aromatic hydroxyl groups is 1. The SMILES string of the molecule is COc1cc(C=O)c(O)c(C(C)(C)C)c1. The number of hydrogen-bond donors (Lipinski definition) is 1. The number of carbonyl (C=O) groups excluding carboxylic acids is 1. The van der Waals surface area contributed by atoms with Gasteiger partial charge in [-0.1, -0.05) is 20.8 Å². The molecule has 0 aliphatic heterocycles. The Morgan fingerprint density at radius 2 is 1.93 bits per heavy atom. The molecule has 3 nitrogen and oxygen atoms in total. The number of benzene rings is 1. The van der Waals surface area contributed by atoms with E-state index < -0.39 is 0 Å². The number of ether oxygens (including phenoxy) is 1. The summed E-state index contributed by atoms with van der Waals surface area (Å²) in [5.74, 6) is 0.623. The highest BCUT2D eigenvalue weighted by Crippen LogP contribution is 2.35. The van der Waals surface area contributed by atoms with Crippen molar-refractivity contribution in [3.05, 3.63) is 23.3 Å². The fourth-order valence-electron chi connectivity index (χ4n) is 1.41. The van der Waals surface area contributed by atoms with Crippen molar-refractivity contribution in [3.8, 4) is 11.5 Å². The maximum Gasteiger partial charge on any atom is 0.153 e. The minimum Gasteiger partial charge on any atom is -0.507 e. The fourth-order valence-corrected chi connectivity index (χ4v) is 1.41. The lowest BCUT2D eigenvalue weighted by Gasteiger charge is -2.21. The Bertz CT molecular complexity index is 375. The van der Waals surface area contributed by atoms with Gasteiger partial charge in [0.15, 0.2) is 6.29 Å². The zero-order chi connectivity index (χ0) is 11.6. The summed E-state index contributed by atoms with van der Waals surface area (Å²) >= 11 is 0. The standard InChI is InChI=1S/C12H16O3/c1-12(2,3)10-6-9(15-4)5-8(7-13)11(10)14/h5-7,14H,1-4H3. The molecule has 0 amide bonds. The molecule has 0 bridgehead atoms. The Morgan fingerprint density at radius 1 is 1.33 bits per heavy atom. The first kappa shape index (κ1) is 11.6. The summed E-state index contributed by atoms with van der Waals surface area (Å²) in [5.41, 5.74) is 0.749. The first-order chi connectivity index (χ1) is 6.90. The number of phenolic OH excluding ortho intramolecular Hbond substituents is 1. The molecule has 1 aromatic rings. The van der Waals surface area contributed by atoms with Gasteiger partial charge in [-0.25, -0.2) is 0 Å². The Kier molecular flexibility index (Phi) is 3.03. The summed E-state index contributed by atoms with van der Waals surface area (Å²) in [4.78, 5) is 10.8. The second-order valence-electron chi connectivity index (χ2n) is 4.48. The van der Waals surface area contributed by atoms with Gasteiger partial charge < -0.3 is 9.84 Å². The number of aldehydes is 1. The minimum atomic E-state index is -0.226. The van der Waals surface area contributed by atoms with Crippen LogP contribution >= 0.6 is 0 Å². The molecular weight excluding hydrogens is 192 g/mol. The van der Waals surface area contributed by atoms with Crippen LogP contribution in [0.25, 0.3) is 0 Å². The molecule has 15 heavy (non-hydrogen) atoms. The van der Waals surface area contributed by atoms with Crippen LogP contribution in [-0.4, -0.2) is 18.5 Å². The smallest absolute Gasteiger partial charge is 0.153 e. The topological polar surface area (TPSA) is 46.5 Å². The van der Waals surface area contributed by atoms with Crippen molar-refractivity contribution in [2.24, 2.45) is 0 Å². The molecule has 0 aromatic heterocycles. The monoisotopic (exact) mass is 208 g/mol. The average Bonchev–Trinajstić information content (AvgIpc) is 2.16. The van der Waals surface area contributed by atoms with E-state index in [0.29, 0.717) is 17.6 Å². The highest BCUT2D eigenvalue weighted by molar-refractivity contribution is 5.81. The highest BCUT2D eigenvalue weighted by Gasteiger charge is 2.21. The largest absolute Gasteiger partial charge is 0.507 e. The van der Waals surface area contributed by atoms with Crippen LogP contribution in [-0.2, 0) is 5.41 Å². The van der Waals surface area contributed by atoms with Gasteiger partial charge in [-0.3, -0.25) is 4.79 Å². The van der Waals surface area contributed by atoms with Gasteiger partial charge in [0.1, 0.15) is 11.5 Å². The summed E-state index contributed by atoms with van der Waals surface area (Å²) in [6.07, 6.45) is 0.632. The van der Waals surface area contributed by atoms with Crippen LogP contribution in [0.15, 0.2) is 12.1 Å². The average molecular weight is 208 g/mol. The van der Waals surface area contributed by atoms with Gasteiger partial charge in [-0.15, -0.1) is 0 Å². The summed E-state index contributed by atoms with van der Waals surface area (Å²) in [6, 6.07) is 3.28. The van der Waals surface area contributed by atoms with E-state index in [1.165, 1.54) is 13.2 Å². The Morgan fingerprint density at radius 3 is 2.33 bits per heavy atom. The molecule has 0 heterocycles. The molecule has 1 aromatic carbocycles. The molecule has 0 atom stereocenters. The second-order valence-corrected chi connectivity index (χ2v) is 4.48. The Labute approximate surface area is 89.7 Å². The molecule has 0 unspecified atom stereocenters. The summed E-state index contributed by atoms with van der Waals surface area (Å²) in [7, 11) is 1.54. The number of rotatable bonds is 2. The van der Waals surface area contributed by atoms with E-state index in [1.807, 2.05) is 20.8 Å². The first-order valence-corrected chi connectivity index (χ1v) is 4.77. The molecule has 1 N–H and O–H groups in total. The fraction of sp³-hybridized carbons (Fsp3) is 0.417. The molecule has 0 saturated carbocycles. The molecule has 0 fully saturated rings. The summed E-state index contributed by atoms with van der Waals surface area (Å²) in [5, 5.41) is 9.86. The van der Waals surface area contributed by atoms with Crippen LogP contribution in [0.1, 0.15) is 36.7 Å². The van der Waals surface area contributed by atoms with Crippen molar-refractivity contribution in [2.45, 2.75) is 26.2 Å². The molecule has 0 radical (unpaired) electrons. The zero-order valence-corrected chi connectivity index (χ0v) is 9.50. The zero-order valence-electron chi connectivity index (χ0n) is 9.50. The van der Waals surface area contributed by atoms with E-state index >= 15 is 0 Å². The van der Waals surface area contributed by atoms with Gasteiger partial charge in [0.05, 0.1) is 12.7 Å². The first-order valence-electron chi connectivity index (χ1n) is 4.77. The minimum absolute atomic E-state index is 0.0401. The number of hydrogen-bond acceptors (Lipinski definition) is 3. The van der Waals surface area contributed by atoms with Crippen LogP contribution in [0.4, 0.5) is 0 Å². The van der Waals surface area contributed by atoms with E-state index in [4.69, 9.17) is 4.74 Å². The third kappa shape index (κ3) is 2.29. The van der Waals surface area contributed by atoms with Crippen LogP contribution in [0.5, 0.6) is 11.5 Å². The van der Waals surface area contributed by atoms with Gasteiger partial charge >= 0.3 is 0 Å². The lowest BCUT2D eigenvalue weighted by atomic mass is 9.85. The van der Waals surface area contributed by atoms with Gasteiger partial charge in [-0.2, -0.15) is 0 Å². The van der Waals surface area contributed by atoms with Crippen molar-refractivity contribution in [1.29, 1.82) is 0 Å². The van der Waals surface area contributed by atoms with Gasteiger partial charge in [0, 0.05) is 5.56 Å². The van der Waals surface area contributed by atoms with Gasteiger partial charge in [0.25, 0.3) is 0 Å².